The molecule has 0 fully saturated rings. The molecule has 2 aromatic heterocycles. The highest BCUT2D eigenvalue weighted by atomic mass is 32.2. The van der Waals surface area contributed by atoms with Gasteiger partial charge in [0.2, 0.25) is 5.91 Å². The average molecular weight is 365 g/mol. The van der Waals surface area contributed by atoms with Crippen LogP contribution in [0.5, 0.6) is 0 Å². The minimum absolute atomic E-state index is 0.0844. The van der Waals surface area contributed by atoms with Gasteiger partial charge >= 0.3 is 0 Å². The lowest BCUT2D eigenvalue weighted by atomic mass is 10.1. The van der Waals surface area contributed by atoms with Gasteiger partial charge in [-0.1, -0.05) is 30.0 Å². The number of anilines is 1. The van der Waals surface area contributed by atoms with Crippen molar-refractivity contribution in [2.24, 2.45) is 0 Å². The number of thioether (sulfide) groups is 1. The van der Waals surface area contributed by atoms with E-state index in [9.17, 15) is 4.79 Å². The summed E-state index contributed by atoms with van der Waals surface area (Å²) in [5, 5.41) is 3.59. The molecule has 0 aliphatic carbocycles. The van der Waals surface area contributed by atoms with E-state index in [0.29, 0.717) is 5.16 Å². The lowest BCUT2D eigenvalue weighted by Gasteiger charge is -2.11. The van der Waals surface area contributed by atoms with Gasteiger partial charge in [0.05, 0.1) is 17.1 Å². The molecule has 6 nitrogen and oxygen atoms in total. The average Bonchev–Trinajstić information content (AvgIpc) is 3.12. The van der Waals surface area contributed by atoms with Gasteiger partial charge in [-0.25, -0.2) is 15.0 Å². The number of hydrogen-bond donors (Lipinski definition) is 1. The minimum Gasteiger partial charge on any atom is -0.334 e. The fourth-order valence-electron chi connectivity index (χ4n) is 3.03. The smallest absolute Gasteiger partial charge is 0.234 e. The Bertz CT molecular complexity index is 886. The molecule has 1 N–H and O–H groups in total. The summed E-state index contributed by atoms with van der Waals surface area (Å²) in [4.78, 5) is 25.4. The molecule has 0 bridgehead atoms. The van der Waals surface area contributed by atoms with Crippen LogP contribution in [0.15, 0.2) is 54.1 Å². The van der Waals surface area contributed by atoms with Crippen molar-refractivity contribution < 1.29 is 4.79 Å². The Morgan fingerprint density at radius 3 is 2.85 bits per heavy atom. The van der Waals surface area contributed by atoms with Crippen molar-refractivity contribution in [2.75, 3.05) is 11.1 Å². The van der Waals surface area contributed by atoms with Crippen LogP contribution < -0.4 is 5.32 Å². The number of rotatable bonds is 5. The zero-order chi connectivity index (χ0) is 17.8. The van der Waals surface area contributed by atoms with Gasteiger partial charge in [0.1, 0.15) is 5.82 Å². The highest BCUT2D eigenvalue weighted by molar-refractivity contribution is 7.99. The number of para-hydroxylation sites is 1. The molecular formula is C19H19N5OS. The number of aromatic nitrogens is 4. The molecule has 0 radical (unpaired) electrons. The highest BCUT2D eigenvalue weighted by Crippen LogP contribution is 2.29. The van der Waals surface area contributed by atoms with Crippen molar-refractivity contribution in [3.63, 3.8) is 0 Å². The Morgan fingerprint density at radius 1 is 1.15 bits per heavy atom. The first-order chi connectivity index (χ1) is 12.8. The van der Waals surface area contributed by atoms with E-state index >= 15 is 0 Å². The second kappa shape index (κ2) is 7.70. The Morgan fingerprint density at radius 2 is 2.00 bits per heavy atom. The van der Waals surface area contributed by atoms with Crippen LogP contribution in [-0.2, 0) is 17.8 Å². The number of hydrogen-bond acceptors (Lipinski definition) is 5. The first kappa shape index (κ1) is 16.8. The van der Waals surface area contributed by atoms with Crippen LogP contribution in [-0.4, -0.2) is 31.2 Å². The highest BCUT2D eigenvalue weighted by Gasteiger charge is 2.16. The molecule has 3 heterocycles. The molecule has 132 valence electrons. The van der Waals surface area contributed by atoms with Crippen LogP contribution >= 0.6 is 11.8 Å². The van der Waals surface area contributed by atoms with E-state index in [1.807, 2.05) is 24.3 Å². The van der Waals surface area contributed by atoms with Gasteiger partial charge in [-0.15, -0.1) is 0 Å². The second-order valence-electron chi connectivity index (χ2n) is 6.11. The van der Waals surface area contributed by atoms with E-state index in [0.717, 1.165) is 35.7 Å². The van der Waals surface area contributed by atoms with Crippen LogP contribution in [0.25, 0.3) is 11.3 Å². The van der Waals surface area contributed by atoms with Crippen LogP contribution in [0.4, 0.5) is 5.69 Å². The lowest BCUT2D eigenvalue weighted by Crippen LogP contribution is -2.15. The van der Waals surface area contributed by atoms with Gasteiger partial charge in [-0.3, -0.25) is 4.79 Å². The number of benzene rings is 1. The summed E-state index contributed by atoms with van der Waals surface area (Å²) in [7, 11) is 0. The molecule has 1 amide bonds. The summed E-state index contributed by atoms with van der Waals surface area (Å²) < 4.78 is 2.22. The number of carbonyl (C=O) groups excluding carboxylic acids is 1. The fraction of sp³-hybridized carbons (Fsp3) is 0.263. The molecule has 7 heteroatoms. The molecule has 26 heavy (non-hydrogen) atoms. The van der Waals surface area contributed by atoms with Crippen molar-refractivity contribution in [3.8, 4) is 11.3 Å². The van der Waals surface area contributed by atoms with E-state index in [1.165, 1.54) is 24.6 Å². The zero-order valence-electron chi connectivity index (χ0n) is 14.3. The van der Waals surface area contributed by atoms with E-state index in [1.54, 1.807) is 18.5 Å². The van der Waals surface area contributed by atoms with Gasteiger partial charge in [0, 0.05) is 37.1 Å². The maximum absolute atomic E-state index is 12.4. The number of amides is 1. The summed E-state index contributed by atoms with van der Waals surface area (Å²) in [6.07, 6.45) is 8.83. The fourth-order valence-corrected chi connectivity index (χ4v) is 3.64. The number of aryl methyl sites for hydroxylation is 2. The Hall–Kier alpha value is -2.67. The van der Waals surface area contributed by atoms with Gasteiger partial charge in [-0.05, 0) is 25.0 Å². The van der Waals surface area contributed by atoms with Crippen molar-refractivity contribution in [1.29, 1.82) is 0 Å². The van der Waals surface area contributed by atoms with Gasteiger partial charge in [-0.2, -0.15) is 0 Å². The number of fused-ring (bicyclic) bond motifs is 1. The third-order valence-corrected chi connectivity index (χ3v) is 5.14. The SMILES string of the molecule is O=C(CSc1ncccn1)Nc1ccccc1-c1cn2c(n1)CCCC2. The van der Waals surface area contributed by atoms with Crippen molar-refractivity contribution in [1.82, 2.24) is 19.5 Å². The molecule has 4 rings (SSSR count). The zero-order valence-corrected chi connectivity index (χ0v) is 15.1. The molecule has 1 aliphatic rings. The summed E-state index contributed by atoms with van der Waals surface area (Å²) in [6, 6.07) is 9.55. The number of imidazole rings is 1. The Kier molecular flexibility index (Phi) is 4.97. The predicted octanol–water partition coefficient (Wildman–Crippen LogP) is 3.41. The molecule has 0 atom stereocenters. The largest absolute Gasteiger partial charge is 0.334 e. The van der Waals surface area contributed by atoms with E-state index < -0.39 is 0 Å². The first-order valence-electron chi connectivity index (χ1n) is 8.65. The molecule has 1 aromatic carbocycles. The molecule has 0 spiro atoms. The first-order valence-corrected chi connectivity index (χ1v) is 9.63. The minimum atomic E-state index is -0.0844. The van der Waals surface area contributed by atoms with Gasteiger partial charge in [0.25, 0.3) is 0 Å². The van der Waals surface area contributed by atoms with Crippen molar-refractivity contribution in [2.45, 2.75) is 31.0 Å². The Balaban J connectivity index is 1.49. The molecule has 0 saturated carbocycles. The normalized spacial score (nSPS) is 13.2. The number of nitrogens with zero attached hydrogens (tertiary/aromatic N) is 4. The third-order valence-electron chi connectivity index (χ3n) is 4.26. The van der Waals surface area contributed by atoms with E-state index in [4.69, 9.17) is 4.98 Å². The molecule has 0 saturated heterocycles. The summed E-state index contributed by atoms with van der Waals surface area (Å²) in [6.45, 7) is 1.02. The second-order valence-corrected chi connectivity index (χ2v) is 7.05. The van der Waals surface area contributed by atoms with Gasteiger partial charge < -0.3 is 9.88 Å². The van der Waals surface area contributed by atoms with Gasteiger partial charge in [0.15, 0.2) is 5.16 Å². The van der Waals surface area contributed by atoms with Crippen LogP contribution in [0.3, 0.4) is 0 Å². The molecular weight excluding hydrogens is 346 g/mol. The Labute approximate surface area is 156 Å². The monoisotopic (exact) mass is 365 g/mol. The maximum atomic E-state index is 12.4. The number of carbonyl (C=O) groups is 1. The van der Waals surface area contributed by atoms with Crippen LogP contribution in [0.1, 0.15) is 18.7 Å². The topological polar surface area (TPSA) is 72.7 Å². The van der Waals surface area contributed by atoms with E-state index in [-0.39, 0.29) is 11.7 Å². The summed E-state index contributed by atoms with van der Waals surface area (Å²) in [5.41, 5.74) is 2.64. The third kappa shape index (κ3) is 3.77. The molecule has 0 unspecified atom stereocenters. The van der Waals surface area contributed by atoms with Crippen molar-refractivity contribution >= 4 is 23.4 Å². The standard InChI is InChI=1S/C19H19N5OS/c25-18(13-26-19-20-9-5-10-21-19)23-15-7-2-1-6-14(15)16-12-24-11-4-3-8-17(24)22-16/h1-2,5-7,9-10,12H,3-4,8,11,13H2,(H,23,25). The predicted molar refractivity (Wildman–Crippen MR) is 102 cm³/mol. The van der Waals surface area contributed by atoms with Crippen molar-refractivity contribution in [3.05, 3.63) is 54.7 Å². The summed E-state index contributed by atoms with van der Waals surface area (Å²) in [5.74, 6) is 1.31. The maximum Gasteiger partial charge on any atom is 0.234 e. The summed E-state index contributed by atoms with van der Waals surface area (Å²) >= 11 is 1.32. The van der Waals surface area contributed by atoms with Crippen LogP contribution in [0.2, 0.25) is 0 Å². The van der Waals surface area contributed by atoms with Crippen LogP contribution in [0, 0.1) is 0 Å². The van der Waals surface area contributed by atoms with E-state index in [2.05, 4.69) is 26.0 Å². The number of nitrogens with one attached hydrogen (secondary N) is 1. The quantitative estimate of drug-likeness (QED) is 0.554. The molecule has 3 aromatic rings. The lowest BCUT2D eigenvalue weighted by molar-refractivity contribution is -0.113. The molecule has 1 aliphatic heterocycles.